The fraction of sp³-hybridized carbons (Fsp3) is 0.143. The van der Waals surface area contributed by atoms with Crippen molar-refractivity contribution in [3.8, 4) is 0 Å². The second-order valence-electron chi connectivity index (χ2n) is 6.73. The summed E-state index contributed by atoms with van der Waals surface area (Å²) in [5.41, 5.74) is 0.959. The van der Waals surface area contributed by atoms with Crippen LogP contribution in [0.3, 0.4) is 0 Å². The van der Waals surface area contributed by atoms with Crippen LogP contribution in [0.1, 0.15) is 17.2 Å². The first-order chi connectivity index (χ1) is 13.8. The van der Waals surface area contributed by atoms with Crippen molar-refractivity contribution in [2.75, 3.05) is 0 Å². The number of halogens is 1. The maximum atomic E-state index is 15.2. The second kappa shape index (κ2) is 7.37. The minimum Gasteiger partial charge on any atom is -0.245 e. The van der Waals surface area contributed by atoms with Gasteiger partial charge in [-0.05, 0) is 35.4 Å². The van der Waals surface area contributed by atoms with Crippen LogP contribution < -0.4 is 0 Å². The standard InChI is InChI=1S/C21H18FNO4S2/c22-20-15-16-9-7-8-14-19(16)21(20)23(28(24,25)17-10-3-1-4-11-17)29(26,27)18-12-5-2-6-13-18/h1-14,20-21H,15H2/t20-,21-/m1/s1. The number of alkyl halides is 1. The van der Waals surface area contributed by atoms with Crippen molar-refractivity contribution >= 4 is 20.0 Å². The molecule has 2 atom stereocenters. The Hall–Kier alpha value is -2.55. The Balaban J connectivity index is 1.97. The molecule has 0 radical (unpaired) electrons. The lowest BCUT2D eigenvalue weighted by atomic mass is 10.1. The minimum absolute atomic E-state index is 0.0496. The highest BCUT2D eigenvalue weighted by molar-refractivity contribution is 8.04. The number of benzene rings is 3. The van der Waals surface area contributed by atoms with Gasteiger partial charge >= 0.3 is 0 Å². The Kier molecular flexibility index (Phi) is 5.02. The van der Waals surface area contributed by atoms with Crippen molar-refractivity contribution in [3.63, 3.8) is 0 Å². The van der Waals surface area contributed by atoms with Gasteiger partial charge in [0.15, 0.2) is 0 Å². The van der Waals surface area contributed by atoms with E-state index < -0.39 is 32.3 Å². The Labute approximate surface area is 169 Å². The topological polar surface area (TPSA) is 71.5 Å². The summed E-state index contributed by atoms with van der Waals surface area (Å²) in [6.07, 6.45) is -1.74. The molecule has 5 nitrogen and oxygen atoms in total. The molecule has 0 spiro atoms. The van der Waals surface area contributed by atoms with Crippen LogP contribution >= 0.6 is 0 Å². The van der Waals surface area contributed by atoms with Gasteiger partial charge in [0.2, 0.25) is 0 Å². The Morgan fingerprint density at radius 2 is 1.14 bits per heavy atom. The third kappa shape index (κ3) is 3.37. The van der Waals surface area contributed by atoms with Crippen molar-refractivity contribution in [1.29, 1.82) is 0 Å². The van der Waals surface area contributed by atoms with Crippen LogP contribution in [0.5, 0.6) is 0 Å². The van der Waals surface area contributed by atoms with Crippen LogP contribution in [0.15, 0.2) is 94.7 Å². The highest BCUT2D eigenvalue weighted by Crippen LogP contribution is 2.43. The molecule has 0 fully saturated rings. The molecule has 8 heteroatoms. The van der Waals surface area contributed by atoms with Crippen molar-refractivity contribution in [1.82, 2.24) is 3.71 Å². The van der Waals surface area contributed by atoms with Gasteiger partial charge in [0.1, 0.15) is 6.17 Å². The van der Waals surface area contributed by atoms with Crippen molar-refractivity contribution in [2.24, 2.45) is 0 Å². The van der Waals surface area contributed by atoms with Gasteiger partial charge < -0.3 is 0 Å². The quantitative estimate of drug-likeness (QED) is 0.618. The first-order valence-corrected chi connectivity index (χ1v) is 11.8. The summed E-state index contributed by atoms with van der Waals surface area (Å²) < 4.78 is 69.4. The lowest BCUT2D eigenvalue weighted by molar-refractivity contribution is 0.245. The van der Waals surface area contributed by atoms with Crippen molar-refractivity contribution in [3.05, 3.63) is 96.1 Å². The van der Waals surface area contributed by atoms with Crippen molar-refractivity contribution < 1.29 is 21.2 Å². The molecule has 3 aromatic rings. The molecule has 29 heavy (non-hydrogen) atoms. The van der Waals surface area contributed by atoms with Gasteiger partial charge in [-0.15, -0.1) is 0 Å². The summed E-state index contributed by atoms with van der Waals surface area (Å²) in [5, 5.41) is 0. The molecule has 3 aromatic carbocycles. The van der Waals surface area contributed by atoms with Crippen molar-refractivity contribution in [2.45, 2.75) is 28.4 Å². The highest BCUT2D eigenvalue weighted by Gasteiger charge is 2.49. The van der Waals surface area contributed by atoms with Crippen LogP contribution in [0.4, 0.5) is 4.39 Å². The molecule has 0 aromatic heterocycles. The van der Waals surface area contributed by atoms with E-state index in [4.69, 9.17) is 0 Å². The van der Waals surface area contributed by atoms with Crippen LogP contribution in [0, 0.1) is 0 Å². The summed E-state index contributed by atoms with van der Waals surface area (Å²) in [7, 11) is -9.12. The van der Waals surface area contributed by atoms with Crippen LogP contribution in [0.2, 0.25) is 0 Å². The molecule has 0 saturated heterocycles. The van der Waals surface area contributed by atoms with Gasteiger partial charge in [0.05, 0.1) is 15.8 Å². The molecule has 0 aliphatic heterocycles. The van der Waals surface area contributed by atoms with E-state index in [9.17, 15) is 16.8 Å². The summed E-state index contributed by atoms with van der Waals surface area (Å²) >= 11 is 0. The average Bonchev–Trinajstić information content (AvgIpc) is 3.05. The zero-order valence-corrected chi connectivity index (χ0v) is 16.9. The van der Waals surface area contributed by atoms with E-state index in [0.717, 1.165) is 0 Å². The molecule has 0 bridgehead atoms. The fourth-order valence-electron chi connectivity index (χ4n) is 3.59. The molecular formula is C21H18FNO4S2. The van der Waals surface area contributed by atoms with E-state index in [0.29, 0.717) is 14.8 Å². The van der Waals surface area contributed by atoms with Gasteiger partial charge in [-0.2, -0.15) is 0 Å². The summed E-state index contributed by atoms with van der Waals surface area (Å²) in [6.45, 7) is 0. The first kappa shape index (κ1) is 19.8. The number of rotatable bonds is 5. The first-order valence-electron chi connectivity index (χ1n) is 8.95. The van der Waals surface area contributed by atoms with Gasteiger partial charge in [0.25, 0.3) is 20.0 Å². The molecule has 0 unspecified atom stereocenters. The number of nitrogens with zero attached hydrogens (tertiary/aromatic N) is 1. The molecular weight excluding hydrogens is 413 g/mol. The maximum absolute atomic E-state index is 15.2. The van der Waals surface area contributed by atoms with Gasteiger partial charge in [0, 0.05) is 6.42 Å². The molecule has 0 saturated carbocycles. The van der Waals surface area contributed by atoms with Crippen LogP contribution in [-0.2, 0) is 26.5 Å². The summed E-state index contributed by atoms with van der Waals surface area (Å²) in [5.74, 6) is 0. The molecule has 0 amide bonds. The number of hydrogen-bond acceptors (Lipinski definition) is 4. The van der Waals surface area contributed by atoms with Crippen LogP contribution in [0.25, 0.3) is 0 Å². The third-order valence-electron chi connectivity index (χ3n) is 4.91. The predicted octanol–water partition coefficient (Wildman–Crippen LogP) is 3.70. The van der Waals surface area contributed by atoms with Gasteiger partial charge in [-0.25, -0.2) is 21.2 Å². The van der Waals surface area contributed by atoms with Gasteiger partial charge in [-0.1, -0.05) is 64.4 Å². The molecule has 0 N–H and O–H groups in total. The summed E-state index contributed by atoms with van der Waals surface area (Å²) in [4.78, 5) is -0.424. The predicted molar refractivity (Wildman–Crippen MR) is 107 cm³/mol. The Morgan fingerprint density at radius 1 is 0.690 bits per heavy atom. The normalized spacial score (nSPS) is 19.2. The van der Waals surface area contributed by atoms with E-state index >= 15 is 4.39 Å². The summed E-state index contributed by atoms with van der Waals surface area (Å²) in [6, 6.07) is 19.6. The lowest BCUT2D eigenvalue weighted by Gasteiger charge is -2.29. The zero-order chi connectivity index (χ0) is 20.6. The highest BCUT2D eigenvalue weighted by atomic mass is 32.3. The number of fused-ring (bicyclic) bond motifs is 1. The number of hydrogen-bond donors (Lipinski definition) is 0. The maximum Gasteiger partial charge on any atom is 0.257 e. The van der Waals surface area contributed by atoms with E-state index in [1.807, 2.05) is 0 Å². The number of sulfonamides is 2. The molecule has 1 aliphatic carbocycles. The van der Waals surface area contributed by atoms with Gasteiger partial charge in [-0.3, -0.25) is 0 Å². The SMILES string of the molecule is O=S(=O)(c1ccccc1)N([C@@H]1c2ccccc2C[C@H]1F)S(=O)(=O)c1ccccc1. The fourth-order valence-corrected chi connectivity index (χ4v) is 7.65. The van der Waals surface area contributed by atoms with E-state index in [1.54, 1.807) is 36.4 Å². The van der Waals surface area contributed by atoms with Crippen LogP contribution in [-0.4, -0.2) is 26.7 Å². The van der Waals surface area contributed by atoms with E-state index in [-0.39, 0.29) is 16.2 Å². The Morgan fingerprint density at radius 3 is 1.66 bits per heavy atom. The Bertz CT molecular complexity index is 1160. The molecule has 4 rings (SSSR count). The zero-order valence-electron chi connectivity index (χ0n) is 15.2. The second-order valence-corrected chi connectivity index (χ2v) is 10.6. The smallest absolute Gasteiger partial charge is 0.245 e. The molecule has 1 aliphatic rings. The largest absolute Gasteiger partial charge is 0.257 e. The third-order valence-corrected chi connectivity index (χ3v) is 9.23. The minimum atomic E-state index is -4.56. The lowest BCUT2D eigenvalue weighted by Crippen LogP contribution is -2.42. The monoisotopic (exact) mass is 431 g/mol. The average molecular weight is 432 g/mol. The van der Waals surface area contributed by atoms with E-state index in [2.05, 4.69) is 0 Å². The molecule has 0 heterocycles. The molecule has 150 valence electrons. The van der Waals surface area contributed by atoms with E-state index in [1.165, 1.54) is 48.5 Å².